The SMILES string of the molecule is CC(=O)c1nccc2[nH]c(C3CCC(C)O3)cc(=O)c12.COc1cccc(F)c1F. The van der Waals surface area contributed by atoms with Crippen LogP contribution in [-0.2, 0) is 4.74 Å². The quantitative estimate of drug-likeness (QED) is 0.643. The van der Waals surface area contributed by atoms with Gasteiger partial charge in [-0.15, -0.1) is 0 Å². The number of carbonyl (C=O) groups excluding carboxylic acids is 1. The molecule has 2 unspecified atom stereocenters. The van der Waals surface area contributed by atoms with Crippen molar-refractivity contribution in [1.29, 1.82) is 0 Å². The van der Waals surface area contributed by atoms with E-state index >= 15 is 0 Å². The summed E-state index contributed by atoms with van der Waals surface area (Å²) in [5.41, 5.74) is 1.44. The van der Waals surface area contributed by atoms with E-state index in [9.17, 15) is 18.4 Å². The molecule has 3 aromatic rings. The van der Waals surface area contributed by atoms with Gasteiger partial charge in [-0.25, -0.2) is 4.39 Å². The van der Waals surface area contributed by atoms with Gasteiger partial charge in [-0.3, -0.25) is 14.6 Å². The third-order valence-electron chi connectivity index (χ3n) is 4.81. The number of hydrogen-bond donors (Lipinski definition) is 1. The Labute approximate surface area is 171 Å². The number of benzene rings is 1. The van der Waals surface area contributed by atoms with Crippen LogP contribution in [0.1, 0.15) is 49.0 Å². The van der Waals surface area contributed by atoms with E-state index in [-0.39, 0.29) is 34.9 Å². The van der Waals surface area contributed by atoms with E-state index in [2.05, 4.69) is 14.7 Å². The summed E-state index contributed by atoms with van der Waals surface area (Å²) in [5, 5.41) is 0.356. The molecule has 2 aromatic heterocycles. The molecule has 0 aliphatic carbocycles. The minimum atomic E-state index is -0.940. The number of Topliss-reactive ketones (excluding diaryl/α,β-unsaturated/α-hetero) is 1. The molecule has 1 N–H and O–H groups in total. The van der Waals surface area contributed by atoms with E-state index in [0.29, 0.717) is 10.9 Å². The number of halogens is 2. The van der Waals surface area contributed by atoms with E-state index in [0.717, 1.165) is 24.6 Å². The number of fused-ring (bicyclic) bond motifs is 1. The lowest BCUT2D eigenvalue weighted by Gasteiger charge is -2.12. The molecule has 1 aromatic carbocycles. The molecule has 1 aliphatic heterocycles. The Hall–Kier alpha value is -3.13. The molecule has 30 heavy (non-hydrogen) atoms. The number of H-pyrrole nitrogens is 1. The number of pyridine rings is 2. The molecule has 4 rings (SSSR count). The third kappa shape index (κ3) is 4.54. The van der Waals surface area contributed by atoms with Crippen molar-refractivity contribution in [3.8, 4) is 5.75 Å². The van der Waals surface area contributed by atoms with Gasteiger partial charge >= 0.3 is 0 Å². The number of hydrogen-bond acceptors (Lipinski definition) is 5. The van der Waals surface area contributed by atoms with Crippen LogP contribution in [0.4, 0.5) is 8.78 Å². The van der Waals surface area contributed by atoms with Gasteiger partial charge in [0.2, 0.25) is 5.82 Å². The average molecular weight is 416 g/mol. The number of aromatic amines is 1. The molecule has 2 atom stereocenters. The van der Waals surface area contributed by atoms with Crippen LogP contribution in [-0.4, -0.2) is 29.0 Å². The van der Waals surface area contributed by atoms with E-state index in [1.807, 2.05) is 6.92 Å². The molecule has 3 heterocycles. The molecule has 0 saturated carbocycles. The van der Waals surface area contributed by atoms with E-state index in [1.165, 1.54) is 38.4 Å². The molecule has 0 bridgehead atoms. The maximum atomic E-state index is 12.5. The lowest BCUT2D eigenvalue weighted by molar-refractivity contribution is 0.0532. The standard InChI is InChI=1S/C15H16N2O3.C7H6F2O/c1-8-3-4-13(20-8)11-7-12(19)14-10(17-11)5-6-16-15(14)9(2)18;1-10-6-4-2-3-5(8)7(6)9/h5-8,13H,3-4H2,1-2H3,(H,17,19);2-4H,1H3. The van der Waals surface area contributed by atoms with Gasteiger partial charge in [0.1, 0.15) is 5.69 Å². The summed E-state index contributed by atoms with van der Waals surface area (Å²) >= 11 is 0. The van der Waals surface area contributed by atoms with Crippen LogP contribution in [0.25, 0.3) is 10.9 Å². The topological polar surface area (TPSA) is 81.3 Å². The van der Waals surface area contributed by atoms with Crippen LogP contribution in [0, 0.1) is 11.6 Å². The van der Waals surface area contributed by atoms with Gasteiger partial charge in [0.25, 0.3) is 0 Å². The Bertz CT molecular complexity index is 1130. The number of carbonyl (C=O) groups is 1. The predicted octanol–water partition coefficient (Wildman–Crippen LogP) is 4.34. The number of nitrogens with one attached hydrogen (secondary N) is 1. The Morgan fingerprint density at radius 1 is 1.27 bits per heavy atom. The van der Waals surface area contributed by atoms with Crippen molar-refractivity contribution in [2.75, 3.05) is 7.11 Å². The molecule has 0 spiro atoms. The maximum absolute atomic E-state index is 12.5. The Morgan fingerprint density at radius 2 is 2.03 bits per heavy atom. The summed E-state index contributed by atoms with van der Waals surface area (Å²) < 4.78 is 35.1. The van der Waals surface area contributed by atoms with Crippen molar-refractivity contribution in [2.24, 2.45) is 0 Å². The van der Waals surface area contributed by atoms with E-state index in [4.69, 9.17) is 4.74 Å². The Morgan fingerprint density at radius 3 is 2.63 bits per heavy atom. The van der Waals surface area contributed by atoms with Gasteiger partial charge in [0, 0.05) is 24.9 Å². The third-order valence-corrected chi connectivity index (χ3v) is 4.81. The van der Waals surface area contributed by atoms with Crippen molar-refractivity contribution in [3.05, 3.63) is 69.8 Å². The molecule has 0 amide bonds. The Balaban J connectivity index is 0.000000216. The molecular weight excluding hydrogens is 394 g/mol. The summed E-state index contributed by atoms with van der Waals surface area (Å²) in [6.45, 7) is 3.44. The molecule has 1 saturated heterocycles. The summed E-state index contributed by atoms with van der Waals surface area (Å²) in [6, 6.07) is 7.03. The minimum absolute atomic E-state index is 0.0694. The van der Waals surface area contributed by atoms with Crippen LogP contribution in [0.3, 0.4) is 0 Å². The lowest BCUT2D eigenvalue weighted by Crippen LogP contribution is -2.13. The lowest BCUT2D eigenvalue weighted by atomic mass is 10.1. The van der Waals surface area contributed by atoms with E-state index < -0.39 is 11.6 Å². The molecule has 8 heteroatoms. The zero-order chi connectivity index (χ0) is 21.8. The first-order chi connectivity index (χ1) is 14.3. The number of nitrogens with zero attached hydrogens (tertiary/aromatic N) is 1. The van der Waals surface area contributed by atoms with Crippen molar-refractivity contribution in [2.45, 2.75) is 38.9 Å². The van der Waals surface area contributed by atoms with Crippen LogP contribution < -0.4 is 10.2 Å². The molecular formula is C22H22F2N2O4. The first-order valence-electron chi connectivity index (χ1n) is 9.48. The van der Waals surface area contributed by atoms with Crippen molar-refractivity contribution >= 4 is 16.7 Å². The van der Waals surface area contributed by atoms with Crippen molar-refractivity contribution in [1.82, 2.24) is 9.97 Å². The number of ketones is 1. The van der Waals surface area contributed by atoms with Crippen LogP contribution in [0.2, 0.25) is 0 Å². The minimum Gasteiger partial charge on any atom is -0.494 e. The van der Waals surface area contributed by atoms with Gasteiger partial charge in [-0.2, -0.15) is 4.39 Å². The van der Waals surface area contributed by atoms with Gasteiger partial charge in [0.15, 0.2) is 22.8 Å². The monoisotopic (exact) mass is 416 g/mol. The highest BCUT2D eigenvalue weighted by atomic mass is 19.2. The molecule has 0 radical (unpaired) electrons. The molecule has 158 valence electrons. The number of ether oxygens (including phenoxy) is 2. The maximum Gasteiger partial charge on any atom is 0.200 e. The van der Waals surface area contributed by atoms with Crippen LogP contribution in [0.5, 0.6) is 5.75 Å². The fourth-order valence-electron chi connectivity index (χ4n) is 3.33. The average Bonchev–Trinajstić information content (AvgIpc) is 3.16. The first-order valence-corrected chi connectivity index (χ1v) is 9.48. The second kappa shape index (κ2) is 9.13. The first kappa shape index (κ1) is 21.6. The summed E-state index contributed by atoms with van der Waals surface area (Å²) in [4.78, 5) is 31.1. The number of rotatable bonds is 3. The normalized spacial score (nSPS) is 18.0. The number of aromatic nitrogens is 2. The molecule has 6 nitrogen and oxygen atoms in total. The highest BCUT2D eigenvalue weighted by Gasteiger charge is 2.25. The van der Waals surface area contributed by atoms with Gasteiger partial charge in [0.05, 0.1) is 30.2 Å². The number of methoxy groups -OCH3 is 1. The highest BCUT2D eigenvalue weighted by molar-refractivity contribution is 6.04. The van der Waals surface area contributed by atoms with Crippen LogP contribution in [0.15, 0.2) is 41.3 Å². The fourth-order valence-corrected chi connectivity index (χ4v) is 3.33. The predicted molar refractivity (Wildman–Crippen MR) is 108 cm³/mol. The summed E-state index contributed by atoms with van der Waals surface area (Å²) in [7, 11) is 1.29. The Kier molecular flexibility index (Phi) is 6.56. The van der Waals surface area contributed by atoms with Crippen molar-refractivity contribution < 1.29 is 23.0 Å². The van der Waals surface area contributed by atoms with Gasteiger partial charge in [-0.05, 0) is 38.0 Å². The van der Waals surface area contributed by atoms with Crippen LogP contribution >= 0.6 is 0 Å². The zero-order valence-electron chi connectivity index (χ0n) is 16.9. The second-order valence-corrected chi connectivity index (χ2v) is 7.00. The molecule has 1 aliphatic rings. The second-order valence-electron chi connectivity index (χ2n) is 7.00. The highest BCUT2D eigenvalue weighted by Crippen LogP contribution is 2.31. The summed E-state index contributed by atoms with van der Waals surface area (Å²) in [6.07, 6.45) is 3.56. The van der Waals surface area contributed by atoms with E-state index in [1.54, 1.807) is 6.07 Å². The fraction of sp³-hybridized carbons (Fsp3) is 0.318. The van der Waals surface area contributed by atoms with Crippen molar-refractivity contribution in [3.63, 3.8) is 0 Å². The zero-order valence-corrected chi connectivity index (χ0v) is 16.9. The summed E-state index contributed by atoms with van der Waals surface area (Å²) in [5.74, 6) is -2.11. The smallest absolute Gasteiger partial charge is 0.200 e. The largest absolute Gasteiger partial charge is 0.494 e. The van der Waals surface area contributed by atoms with Gasteiger partial charge in [-0.1, -0.05) is 6.07 Å². The van der Waals surface area contributed by atoms with Gasteiger partial charge < -0.3 is 14.5 Å². The molecule has 1 fully saturated rings.